The van der Waals surface area contributed by atoms with Gasteiger partial charge in [0.25, 0.3) is 0 Å². The highest BCUT2D eigenvalue weighted by Gasteiger charge is 2.39. The van der Waals surface area contributed by atoms with Crippen molar-refractivity contribution in [3.05, 3.63) is 10.6 Å². The minimum Gasteiger partial charge on any atom is -0.465 e. The topological polar surface area (TPSA) is 51.2 Å². The Labute approximate surface area is 130 Å². The maximum Gasteiger partial charge on any atom is 0.315 e. The number of aromatic nitrogens is 1. The van der Waals surface area contributed by atoms with Crippen LogP contribution in [0.2, 0.25) is 0 Å². The zero-order valence-corrected chi connectivity index (χ0v) is 13.9. The zero-order valence-electron chi connectivity index (χ0n) is 13.1. The Morgan fingerprint density at radius 2 is 2.19 bits per heavy atom. The van der Waals surface area contributed by atoms with E-state index in [0.717, 1.165) is 36.0 Å². The molecule has 0 saturated heterocycles. The summed E-state index contributed by atoms with van der Waals surface area (Å²) in [5, 5.41) is 4.55. The largest absolute Gasteiger partial charge is 0.465 e. The van der Waals surface area contributed by atoms with Crippen LogP contribution in [0.25, 0.3) is 0 Å². The second-order valence-corrected chi connectivity index (χ2v) is 7.73. The number of hydrogen-bond donors (Lipinski definition) is 1. The van der Waals surface area contributed by atoms with E-state index in [0.29, 0.717) is 6.61 Å². The second kappa shape index (κ2) is 5.59. The predicted octanol–water partition coefficient (Wildman–Crippen LogP) is 3.73. The number of thiazole rings is 1. The maximum absolute atomic E-state index is 12.1. The fourth-order valence-corrected chi connectivity index (χ4v) is 4.36. The molecule has 1 saturated carbocycles. The molecule has 1 fully saturated rings. The van der Waals surface area contributed by atoms with E-state index in [1.54, 1.807) is 11.3 Å². The summed E-state index contributed by atoms with van der Waals surface area (Å²) in [7, 11) is 0. The van der Waals surface area contributed by atoms with E-state index in [1.807, 2.05) is 6.92 Å². The van der Waals surface area contributed by atoms with Crippen LogP contribution in [0.5, 0.6) is 0 Å². The van der Waals surface area contributed by atoms with Gasteiger partial charge in [-0.05, 0) is 58.8 Å². The van der Waals surface area contributed by atoms with Crippen LogP contribution in [-0.4, -0.2) is 23.1 Å². The van der Waals surface area contributed by atoms with Gasteiger partial charge in [-0.25, -0.2) is 4.98 Å². The van der Waals surface area contributed by atoms with Crippen molar-refractivity contribution in [3.63, 3.8) is 0 Å². The number of fused-ring (bicyclic) bond motifs is 1. The van der Waals surface area contributed by atoms with Gasteiger partial charge in [0.2, 0.25) is 0 Å². The smallest absolute Gasteiger partial charge is 0.315 e. The van der Waals surface area contributed by atoms with Crippen LogP contribution in [0.4, 0.5) is 5.13 Å². The van der Waals surface area contributed by atoms with Crippen molar-refractivity contribution in [1.82, 2.24) is 4.98 Å². The number of esters is 1. The summed E-state index contributed by atoms with van der Waals surface area (Å²) in [4.78, 5) is 18.1. The van der Waals surface area contributed by atoms with E-state index in [9.17, 15) is 4.79 Å². The highest BCUT2D eigenvalue weighted by atomic mass is 32.1. The first-order chi connectivity index (χ1) is 10.0. The lowest BCUT2D eigenvalue weighted by atomic mass is 9.91. The monoisotopic (exact) mass is 308 g/mol. The third-order valence-corrected chi connectivity index (χ3v) is 5.60. The van der Waals surface area contributed by atoms with Gasteiger partial charge in [0, 0.05) is 10.4 Å². The number of hydrogen-bond acceptors (Lipinski definition) is 5. The summed E-state index contributed by atoms with van der Waals surface area (Å²) in [6.07, 6.45) is 5.55. The molecule has 116 valence electrons. The molecule has 0 amide bonds. The average molecular weight is 308 g/mol. The molecule has 3 rings (SSSR count). The van der Waals surface area contributed by atoms with E-state index in [2.05, 4.69) is 19.2 Å². The molecule has 1 aromatic rings. The summed E-state index contributed by atoms with van der Waals surface area (Å²) >= 11 is 1.72. The number of anilines is 1. The molecular weight excluding hydrogens is 284 g/mol. The van der Waals surface area contributed by atoms with Crippen LogP contribution < -0.4 is 5.32 Å². The molecule has 0 bridgehead atoms. The first-order valence-corrected chi connectivity index (χ1v) is 8.77. The summed E-state index contributed by atoms with van der Waals surface area (Å²) in [6, 6.07) is 0. The Balaban J connectivity index is 1.79. The normalized spacial score (nSPS) is 21.8. The van der Waals surface area contributed by atoms with Gasteiger partial charge in [-0.1, -0.05) is 0 Å². The van der Waals surface area contributed by atoms with E-state index >= 15 is 0 Å². The fraction of sp³-hybridized carbons (Fsp3) is 0.750. The molecule has 5 heteroatoms. The lowest BCUT2D eigenvalue weighted by molar-refractivity contribution is -0.145. The number of ether oxygens (including phenoxy) is 1. The molecule has 1 N–H and O–H groups in total. The minimum atomic E-state index is -0.162. The van der Waals surface area contributed by atoms with Gasteiger partial charge in [0.1, 0.15) is 5.92 Å². The van der Waals surface area contributed by atoms with Gasteiger partial charge in [-0.2, -0.15) is 0 Å². The van der Waals surface area contributed by atoms with Crippen molar-refractivity contribution >= 4 is 22.4 Å². The van der Waals surface area contributed by atoms with Gasteiger partial charge in [-0.15, -0.1) is 11.3 Å². The predicted molar refractivity (Wildman–Crippen MR) is 84.9 cm³/mol. The number of rotatable bonds is 5. The van der Waals surface area contributed by atoms with E-state index in [-0.39, 0.29) is 17.4 Å². The van der Waals surface area contributed by atoms with Crippen LogP contribution in [0, 0.1) is 5.92 Å². The van der Waals surface area contributed by atoms with Crippen LogP contribution in [0.15, 0.2) is 0 Å². The Hall–Kier alpha value is -1.10. The number of nitrogens with one attached hydrogen (secondary N) is 1. The van der Waals surface area contributed by atoms with Crippen LogP contribution >= 0.6 is 11.3 Å². The lowest BCUT2D eigenvalue weighted by Crippen LogP contribution is -2.33. The molecule has 2 aliphatic carbocycles. The molecule has 2 aliphatic rings. The summed E-state index contributed by atoms with van der Waals surface area (Å²) in [5.74, 6) is 0.473. The number of carbonyl (C=O) groups excluding carboxylic acids is 1. The zero-order chi connectivity index (χ0) is 15.0. The molecule has 0 aromatic carbocycles. The SMILES string of the molecule is CCOC(=O)C1CCCc2sc(NC(C)(C)C3CC3)nc21. The first kappa shape index (κ1) is 14.8. The summed E-state index contributed by atoms with van der Waals surface area (Å²) < 4.78 is 5.20. The molecule has 4 nitrogen and oxygen atoms in total. The van der Waals surface area contributed by atoms with Gasteiger partial charge in [0.15, 0.2) is 5.13 Å². The lowest BCUT2D eigenvalue weighted by Gasteiger charge is -2.25. The fourth-order valence-electron chi connectivity index (χ4n) is 3.13. The van der Waals surface area contributed by atoms with Crippen molar-refractivity contribution in [2.24, 2.45) is 5.92 Å². The Morgan fingerprint density at radius 3 is 2.86 bits per heavy atom. The van der Waals surface area contributed by atoms with Crippen molar-refractivity contribution in [3.8, 4) is 0 Å². The number of nitrogens with zero attached hydrogens (tertiary/aromatic N) is 1. The van der Waals surface area contributed by atoms with Crippen LogP contribution in [0.3, 0.4) is 0 Å². The molecule has 21 heavy (non-hydrogen) atoms. The van der Waals surface area contributed by atoms with Crippen molar-refractivity contribution in [1.29, 1.82) is 0 Å². The third-order valence-electron chi connectivity index (χ3n) is 4.55. The van der Waals surface area contributed by atoms with Gasteiger partial charge in [0.05, 0.1) is 12.3 Å². The van der Waals surface area contributed by atoms with Crippen molar-refractivity contribution in [2.45, 2.75) is 64.3 Å². The van der Waals surface area contributed by atoms with Gasteiger partial charge < -0.3 is 10.1 Å². The summed E-state index contributed by atoms with van der Waals surface area (Å²) in [5.41, 5.74) is 1.05. The molecule has 0 radical (unpaired) electrons. The maximum atomic E-state index is 12.1. The molecule has 0 spiro atoms. The number of aryl methyl sites for hydroxylation is 1. The van der Waals surface area contributed by atoms with Crippen molar-refractivity contribution < 1.29 is 9.53 Å². The number of carbonyl (C=O) groups is 1. The van der Waals surface area contributed by atoms with E-state index < -0.39 is 0 Å². The molecule has 0 aliphatic heterocycles. The van der Waals surface area contributed by atoms with Gasteiger partial charge in [-0.3, -0.25) is 4.79 Å². The molecule has 1 atom stereocenters. The van der Waals surface area contributed by atoms with E-state index in [1.165, 1.54) is 17.7 Å². The highest BCUT2D eigenvalue weighted by Crippen LogP contribution is 2.43. The molecule has 1 aromatic heterocycles. The highest BCUT2D eigenvalue weighted by molar-refractivity contribution is 7.15. The Bertz CT molecular complexity index is 534. The molecule has 1 unspecified atom stereocenters. The Morgan fingerprint density at radius 1 is 1.43 bits per heavy atom. The molecule has 1 heterocycles. The van der Waals surface area contributed by atoms with Gasteiger partial charge >= 0.3 is 5.97 Å². The van der Waals surface area contributed by atoms with Crippen LogP contribution in [-0.2, 0) is 16.0 Å². The quantitative estimate of drug-likeness (QED) is 0.842. The third kappa shape index (κ3) is 3.07. The van der Waals surface area contributed by atoms with Crippen LogP contribution in [0.1, 0.15) is 62.9 Å². The summed E-state index contributed by atoms with van der Waals surface area (Å²) in [6.45, 7) is 6.78. The average Bonchev–Trinajstić information content (AvgIpc) is 3.20. The van der Waals surface area contributed by atoms with E-state index in [4.69, 9.17) is 9.72 Å². The Kier molecular flexibility index (Phi) is 3.95. The minimum absolute atomic E-state index is 0.0971. The molecular formula is C16H24N2O2S. The van der Waals surface area contributed by atoms with Crippen molar-refractivity contribution in [2.75, 3.05) is 11.9 Å². The standard InChI is InChI=1S/C16H24N2O2S/c1-4-20-14(19)11-6-5-7-12-13(11)17-15(21-12)18-16(2,3)10-8-9-10/h10-11H,4-9H2,1-3H3,(H,17,18). The second-order valence-electron chi connectivity index (χ2n) is 6.65. The first-order valence-electron chi connectivity index (χ1n) is 7.95.